The lowest BCUT2D eigenvalue weighted by Crippen LogP contribution is -2.13. The number of anilines is 1. The van der Waals surface area contributed by atoms with E-state index in [1.54, 1.807) is 26.0 Å². The van der Waals surface area contributed by atoms with Crippen LogP contribution in [0.25, 0.3) is 0 Å². The quantitative estimate of drug-likeness (QED) is 0.669. The van der Waals surface area contributed by atoms with E-state index in [9.17, 15) is 20.0 Å². The standard InChI is InChI=1S/C15H14N2O4/c1-9-6-7-11(8-13(9)17(20)21)15(19)16-12-4-3-5-14(18)10(12)2/h3-8,18H,1-2H3,(H,16,19). The Morgan fingerprint density at radius 2 is 1.95 bits per heavy atom. The Bertz CT molecular complexity index is 726. The normalized spacial score (nSPS) is 10.2. The van der Waals surface area contributed by atoms with Crippen LogP contribution in [0.3, 0.4) is 0 Å². The largest absolute Gasteiger partial charge is 0.508 e. The van der Waals surface area contributed by atoms with Gasteiger partial charge in [0.05, 0.1) is 4.92 Å². The van der Waals surface area contributed by atoms with E-state index in [4.69, 9.17) is 0 Å². The molecule has 2 aromatic carbocycles. The summed E-state index contributed by atoms with van der Waals surface area (Å²) in [7, 11) is 0. The van der Waals surface area contributed by atoms with Crippen molar-refractivity contribution >= 4 is 17.3 Å². The minimum absolute atomic E-state index is 0.0719. The lowest BCUT2D eigenvalue weighted by atomic mass is 10.1. The number of nitro groups is 1. The molecule has 0 fully saturated rings. The van der Waals surface area contributed by atoms with E-state index in [0.717, 1.165) is 0 Å². The molecule has 1 amide bonds. The highest BCUT2D eigenvalue weighted by Gasteiger charge is 2.15. The Hall–Kier alpha value is -2.89. The molecule has 0 bridgehead atoms. The monoisotopic (exact) mass is 286 g/mol. The molecule has 6 heteroatoms. The van der Waals surface area contributed by atoms with Crippen molar-refractivity contribution in [2.75, 3.05) is 5.32 Å². The summed E-state index contributed by atoms with van der Waals surface area (Å²) in [5.74, 6) is -0.394. The van der Waals surface area contributed by atoms with Gasteiger partial charge in [-0.25, -0.2) is 0 Å². The molecule has 2 N–H and O–H groups in total. The minimum Gasteiger partial charge on any atom is -0.508 e. The number of hydrogen-bond donors (Lipinski definition) is 2. The number of nitrogens with zero attached hydrogens (tertiary/aromatic N) is 1. The summed E-state index contributed by atoms with van der Waals surface area (Å²) < 4.78 is 0. The van der Waals surface area contributed by atoms with E-state index in [-0.39, 0.29) is 17.0 Å². The van der Waals surface area contributed by atoms with Gasteiger partial charge in [-0.15, -0.1) is 0 Å². The molecule has 21 heavy (non-hydrogen) atoms. The van der Waals surface area contributed by atoms with Crippen LogP contribution in [-0.2, 0) is 0 Å². The van der Waals surface area contributed by atoms with Gasteiger partial charge < -0.3 is 10.4 Å². The number of phenols is 1. The Labute approximate surface area is 121 Å². The van der Waals surface area contributed by atoms with Gasteiger partial charge in [0, 0.05) is 28.4 Å². The van der Waals surface area contributed by atoms with Crippen LogP contribution >= 0.6 is 0 Å². The Balaban J connectivity index is 2.31. The van der Waals surface area contributed by atoms with Crippen LogP contribution in [0.1, 0.15) is 21.5 Å². The molecule has 108 valence electrons. The Morgan fingerprint density at radius 3 is 2.62 bits per heavy atom. The van der Waals surface area contributed by atoms with Crippen molar-refractivity contribution in [2.45, 2.75) is 13.8 Å². The summed E-state index contributed by atoms with van der Waals surface area (Å²) in [6.45, 7) is 3.28. The van der Waals surface area contributed by atoms with Gasteiger partial charge in [0.15, 0.2) is 0 Å². The summed E-state index contributed by atoms with van der Waals surface area (Å²) in [6, 6.07) is 9.06. The zero-order valence-electron chi connectivity index (χ0n) is 11.6. The molecule has 0 unspecified atom stereocenters. The van der Waals surface area contributed by atoms with Crippen LogP contribution in [0.2, 0.25) is 0 Å². The fraction of sp³-hybridized carbons (Fsp3) is 0.133. The van der Waals surface area contributed by atoms with Crippen molar-refractivity contribution in [1.29, 1.82) is 0 Å². The molecule has 6 nitrogen and oxygen atoms in total. The van der Waals surface area contributed by atoms with E-state index >= 15 is 0 Å². The predicted molar refractivity (Wildman–Crippen MR) is 78.6 cm³/mol. The molecule has 2 rings (SSSR count). The van der Waals surface area contributed by atoms with Gasteiger partial charge in [0.1, 0.15) is 5.75 Å². The van der Waals surface area contributed by atoms with E-state index in [1.807, 2.05) is 0 Å². The first-order valence-corrected chi connectivity index (χ1v) is 6.25. The maximum atomic E-state index is 12.1. The van der Waals surface area contributed by atoms with E-state index in [2.05, 4.69) is 5.32 Å². The number of carbonyl (C=O) groups is 1. The van der Waals surface area contributed by atoms with Gasteiger partial charge >= 0.3 is 0 Å². The van der Waals surface area contributed by atoms with Crippen molar-refractivity contribution in [2.24, 2.45) is 0 Å². The fourth-order valence-electron chi connectivity index (χ4n) is 1.90. The van der Waals surface area contributed by atoms with Crippen molar-refractivity contribution in [1.82, 2.24) is 0 Å². The molecule has 0 aliphatic carbocycles. The number of aryl methyl sites for hydroxylation is 1. The summed E-state index contributed by atoms with van der Waals surface area (Å²) in [5, 5.41) is 23.1. The minimum atomic E-state index is -0.522. The van der Waals surface area contributed by atoms with Gasteiger partial charge in [0.2, 0.25) is 0 Å². The van der Waals surface area contributed by atoms with Gasteiger partial charge in [-0.1, -0.05) is 12.1 Å². The Kier molecular flexibility index (Phi) is 3.89. The van der Waals surface area contributed by atoms with E-state index in [1.165, 1.54) is 24.3 Å². The van der Waals surface area contributed by atoms with Gasteiger partial charge in [-0.2, -0.15) is 0 Å². The van der Waals surface area contributed by atoms with E-state index < -0.39 is 10.8 Å². The van der Waals surface area contributed by atoms with Crippen LogP contribution in [0.4, 0.5) is 11.4 Å². The highest BCUT2D eigenvalue weighted by molar-refractivity contribution is 6.05. The second kappa shape index (κ2) is 5.62. The average molecular weight is 286 g/mol. The van der Waals surface area contributed by atoms with Crippen LogP contribution < -0.4 is 5.32 Å². The molecule has 2 aromatic rings. The smallest absolute Gasteiger partial charge is 0.273 e. The van der Waals surface area contributed by atoms with Crippen molar-refractivity contribution in [3.8, 4) is 5.75 Å². The molecule has 0 saturated carbocycles. The number of aromatic hydroxyl groups is 1. The third kappa shape index (κ3) is 3.00. The maximum absolute atomic E-state index is 12.1. The predicted octanol–water partition coefficient (Wildman–Crippen LogP) is 3.17. The van der Waals surface area contributed by atoms with Crippen LogP contribution in [0, 0.1) is 24.0 Å². The number of rotatable bonds is 3. The molecule has 0 atom stereocenters. The number of carbonyl (C=O) groups excluding carboxylic acids is 1. The topological polar surface area (TPSA) is 92.5 Å². The highest BCUT2D eigenvalue weighted by Crippen LogP contribution is 2.25. The number of nitrogens with one attached hydrogen (secondary N) is 1. The molecule has 0 saturated heterocycles. The highest BCUT2D eigenvalue weighted by atomic mass is 16.6. The molecule has 0 heterocycles. The maximum Gasteiger partial charge on any atom is 0.273 e. The molecular formula is C15H14N2O4. The molecule has 0 radical (unpaired) electrons. The lowest BCUT2D eigenvalue weighted by Gasteiger charge is -2.09. The lowest BCUT2D eigenvalue weighted by molar-refractivity contribution is -0.385. The summed E-state index contributed by atoms with van der Waals surface area (Å²) in [4.78, 5) is 22.5. The van der Waals surface area contributed by atoms with Crippen molar-refractivity contribution in [3.63, 3.8) is 0 Å². The van der Waals surface area contributed by atoms with Crippen molar-refractivity contribution < 1.29 is 14.8 Å². The molecular weight excluding hydrogens is 272 g/mol. The molecule has 0 aliphatic rings. The number of benzene rings is 2. The zero-order valence-corrected chi connectivity index (χ0v) is 11.6. The van der Waals surface area contributed by atoms with Crippen LogP contribution in [-0.4, -0.2) is 15.9 Å². The summed E-state index contributed by atoms with van der Waals surface area (Å²) in [5.41, 5.74) is 1.58. The zero-order chi connectivity index (χ0) is 15.6. The SMILES string of the molecule is Cc1ccc(C(=O)Nc2cccc(O)c2C)cc1[N+](=O)[O-]. The second-order valence-corrected chi connectivity index (χ2v) is 4.66. The number of nitro benzene ring substituents is 1. The van der Waals surface area contributed by atoms with Crippen LogP contribution in [0.15, 0.2) is 36.4 Å². The third-order valence-electron chi connectivity index (χ3n) is 3.22. The van der Waals surface area contributed by atoms with Gasteiger partial charge in [-0.3, -0.25) is 14.9 Å². The summed E-state index contributed by atoms with van der Waals surface area (Å²) >= 11 is 0. The number of hydrogen-bond acceptors (Lipinski definition) is 4. The third-order valence-corrected chi connectivity index (χ3v) is 3.22. The Morgan fingerprint density at radius 1 is 1.24 bits per heavy atom. The van der Waals surface area contributed by atoms with Gasteiger partial charge in [0.25, 0.3) is 11.6 Å². The fourth-order valence-corrected chi connectivity index (χ4v) is 1.90. The molecule has 0 spiro atoms. The van der Waals surface area contributed by atoms with E-state index in [0.29, 0.717) is 16.8 Å². The van der Waals surface area contributed by atoms with Crippen molar-refractivity contribution in [3.05, 3.63) is 63.2 Å². The number of phenolic OH excluding ortho intramolecular Hbond substituents is 1. The average Bonchev–Trinajstić information content (AvgIpc) is 2.44. The number of amides is 1. The molecule has 0 aromatic heterocycles. The first-order valence-electron chi connectivity index (χ1n) is 6.25. The first kappa shape index (κ1) is 14.5. The summed E-state index contributed by atoms with van der Waals surface area (Å²) in [6.07, 6.45) is 0. The first-order chi connectivity index (χ1) is 9.90. The van der Waals surface area contributed by atoms with Gasteiger partial charge in [-0.05, 0) is 32.0 Å². The molecule has 0 aliphatic heterocycles. The van der Waals surface area contributed by atoms with Crippen LogP contribution in [0.5, 0.6) is 5.75 Å². The second-order valence-electron chi connectivity index (χ2n) is 4.66.